The van der Waals surface area contributed by atoms with Gasteiger partial charge in [-0.3, -0.25) is 15.1 Å². The fraction of sp³-hybridized carbons (Fsp3) is 0.0476. The van der Waals surface area contributed by atoms with Gasteiger partial charge in [-0.05, 0) is 54.6 Å². The van der Waals surface area contributed by atoms with Crippen LogP contribution in [0.5, 0.6) is 5.75 Å². The highest BCUT2D eigenvalue weighted by atomic mass is 16.5. The molecule has 8 nitrogen and oxygen atoms in total. The number of nitrogens with one attached hydrogen (secondary N) is 3. The second kappa shape index (κ2) is 8.22. The summed E-state index contributed by atoms with van der Waals surface area (Å²) in [6.07, 6.45) is 5.08. The van der Waals surface area contributed by atoms with E-state index in [0.29, 0.717) is 11.4 Å². The number of aliphatic imine (C=N–C) groups is 1. The molecule has 0 aliphatic rings. The summed E-state index contributed by atoms with van der Waals surface area (Å²) in [5.74, 6) is 0.725. The minimum atomic E-state index is -0.344. The van der Waals surface area contributed by atoms with Gasteiger partial charge in [0.05, 0.1) is 36.4 Å². The molecule has 0 atom stereocenters. The smallest absolute Gasteiger partial charge is 0.323 e. The van der Waals surface area contributed by atoms with Crippen LogP contribution in [0.1, 0.15) is 5.69 Å². The first kappa shape index (κ1) is 18.2. The largest absolute Gasteiger partial charge is 0.497 e. The number of hydrogen-bond acceptors (Lipinski definition) is 5. The summed E-state index contributed by atoms with van der Waals surface area (Å²) in [6, 6.07) is 15.9. The number of urea groups is 1. The average Bonchev–Trinajstić information content (AvgIpc) is 3.15. The number of aromatic nitrogens is 3. The summed E-state index contributed by atoms with van der Waals surface area (Å²) < 4.78 is 5.10. The van der Waals surface area contributed by atoms with Crippen molar-refractivity contribution in [3.63, 3.8) is 0 Å². The number of hydrogen-bond donors (Lipinski definition) is 3. The summed E-state index contributed by atoms with van der Waals surface area (Å²) >= 11 is 0. The van der Waals surface area contributed by atoms with Gasteiger partial charge in [0.2, 0.25) is 0 Å². The number of H-pyrrole nitrogens is 1. The lowest BCUT2D eigenvalue weighted by atomic mass is 10.2. The molecule has 0 fully saturated rings. The third-order valence-electron chi connectivity index (χ3n) is 4.18. The van der Waals surface area contributed by atoms with Crippen LogP contribution < -0.4 is 15.4 Å². The number of carbonyl (C=O) groups excluding carboxylic acids is 1. The summed E-state index contributed by atoms with van der Waals surface area (Å²) in [7, 11) is 1.59. The van der Waals surface area contributed by atoms with Gasteiger partial charge in [-0.25, -0.2) is 4.79 Å². The molecule has 0 bridgehead atoms. The van der Waals surface area contributed by atoms with Crippen molar-refractivity contribution in [2.24, 2.45) is 4.99 Å². The van der Waals surface area contributed by atoms with Gasteiger partial charge < -0.3 is 15.4 Å². The Balaban J connectivity index is 1.45. The monoisotopic (exact) mass is 386 g/mol. The number of rotatable bonds is 5. The van der Waals surface area contributed by atoms with Crippen LogP contribution >= 0.6 is 0 Å². The second-order valence-corrected chi connectivity index (χ2v) is 6.15. The number of aromatic amines is 1. The van der Waals surface area contributed by atoms with Crippen LogP contribution in [0.2, 0.25) is 0 Å². The van der Waals surface area contributed by atoms with Gasteiger partial charge in [0.25, 0.3) is 0 Å². The summed E-state index contributed by atoms with van der Waals surface area (Å²) in [4.78, 5) is 20.6. The molecule has 29 heavy (non-hydrogen) atoms. The molecule has 0 spiro atoms. The number of ether oxygens (including phenoxy) is 1. The van der Waals surface area contributed by atoms with E-state index >= 15 is 0 Å². The molecule has 2 aromatic heterocycles. The second-order valence-electron chi connectivity index (χ2n) is 6.15. The van der Waals surface area contributed by atoms with Gasteiger partial charge in [0, 0.05) is 23.0 Å². The number of carbonyl (C=O) groups is 1. The standard InChI is InChI=1S/C21H18N6O2/c1-29-17-7-4-14(5-8-17)24-21(28)25-15-6-9-18-19(11-15)26-27-20(18)13-23-16-3-2-10-22-12-16/h2-13H,1H3,(H,26,27)(H2,24,25,28). The number of pyridine rings is 1. The predicted molar refractivity (Wildman–Crippen MR) is 113 cm³/mol. The van der Waals surface area contributed by atoms with Crippen LogP contribution in [0.4, 0.5) is 21.9 Å². The van der Waals surface area contributed by atoms with E-state index in [1.54, 1.807) is 56.0 Å². The molecule has 2 amide bonds. The molecule has 4 aromatic rings. The van der Waals surface area contributed by atoms with E-state index in [1.807, 2.05) is 24.3 Å². The Morgan fingerprint density at radius 3 is 2.66 bits per heavy atom. The van der Waals surface area contributed by atoms with Crippen LogP contribution in [0.15, 0.2) is 72.0 Å². The van der Waals surface area contributed by atoms with Crippen molar-refractivity contribution in [3.8, 4) is 5.75 Å². The summed E-state index contributed by atoms with van der Waals surface area (Å²) in [5.41, 5.74) is 3.55. The Morgan fingerprint density at radius 2 is 1.90 bits per heavy atom. The van der Waals surface area contributed by atoms with E-state index in [9.17, 15) is 4.79 Å². The highest BCUT2D eigenvalue weighted by Gasteiger charge is 2.07. The van der Waals surface area contributed by atoms with Crippen molar-refractivity contribution in [1.29, 1.82) is 0 Å². The quantitative estimate of drug-likeness (QED) is 0.443. The van der Waals surface area contributed by atoms with Crippen molar-refractivity contribution in [1.82, 2.24) is 15.2 Å². The molecule has 3 N–H and O–H groups in total. The highest BCUT2D eigenvalue weighted by Crippen LogP contribution is 2.21. The first-order chi connectivity index (χ1) is 14.2. The zero-order chi connectivity index (χ0) is 20.1. The maximum Gasteiger partial charge on any atom is 0.323 e. The van der Waals surface area contributed by atoms with E-state index in [-0.39, 0.29) is 6.03 Å². The number of nitrogens with zero attached hydrogens (tertiary/aromatic N) is 3. The van der Waals surface area contributed by atoms with E-state index in [2.05, 4.69) is 30.8 Å². The Kier molecular flexibility index (Phi) is 5.15. The number of amides is 2. The highest BCUT2D eigenvalue weighted by molar-refractivity contribution is 6.03. The lowest BCUT2D eigenvalue weighted by Crippen LogP contribution is -2.19. The van der Waals surface area contributed by atoms with E-state index in [1.165, 1.54) is 0 Å². The first-order valence-electron chi connectivity index (χ1n) is 8.85. The lowest BCUT2D eigenvalue weighted by Gasteiger charge is -2.08. The third kappa shape index (κ3) is 4.38. The zero-order valence-electron chi connectivity index (χ0n) is 15.6. The van der Waals surface area contributed by atoms with Crippen molar-refractivity contribution >= 4 is 40.2 Å². The molecule has 0 aliphatic carbocycles. The zero-order valence-corrected chi connectivity index (χ0v) is 15.6. The van der Waals surface area contributed by atoms with Crippen molar-refractivity contribution in [3.05, 3.63) is 72.7 Å². The summed E-state index contributed by atoms with van der Waals surface area (Å²) in [6.45, 7) is 0. The van der Waals surface area contributed by atoms with Crippen molar-refractivity contribution < 1.29 is 9.53 Å². The number of methoxy groups -OCH3 is 1. The Morgan fingerprint density at radius 1 is 1.10 bits per heavy atom. The predicted octanol–water partition coefficient (Wildman–Crippen LogP) is 4.36. The molecule has 4 rings (SSSR count). The Hall–Kier alpha value is -4.20. The minimum Gasteiger partial charge on any atom is -0.497 e. The van der Waals surface area contributed by atoms with Crippen LogP contribution in [-0.2, 0) is 0 Å². The normalized spacial score (nSPS) is 10.9. The molecular weight excluding hydrogens is 368 g/mol. The van der Waals surface area contributed by atoms with Crippen LogP contribution in [0.25, 0.3) is 10.9 Å². The average molecular weight is 386 g/mol. The molecule has 0 unspecified atom stereocenters. The fourth-order valence-corrected chi connectivity index (χ4v) is 2.75. The van der Waals surface area contributed by atoms with Gasteiger partial charge in [0.1, 0.15) is 5.75 Å². The van der Waals surface area contributed by atoms with E-state index in [4.69, 9.17) is 4.74 Å². The first-order valence-corrected chi connectivity index (χ1v) is 8.85. The molecule has 2 heterocycles. The molecule has 0 radical (unpaired) electrons. The minimum absolute atomic E-state index is 0.344. The van der Waals surface area contributed by atoms with Crippen LogP contribution in [-0.4, -0.2) is 34.5 Å². The maximum atomic E-state index is 12.2. The molecule has 0 aliphatic heterocycles. The van der Waals surface area contributed by atoms with Crippen molar-refractivity contribution in [2.75, 3.05) is 17.7 Å². The van der Waals surface area contributed by atoms with Gasteiger partial charge in [-0.15, -0.1) is 0 Å². The fourth-order valence-electron chi connectivity index (χ4n) is 2.75. The Labute approximate surface area is 166 Å². The SMILES string of the molecule is COc1ccc(NC(=O)Nc2ccc3c(C=Nc4cccnc4)[nH]nc3c2)cc1. The third-order valence-corrected chi connectivity index (χ3v) is 4.18. The summed E-state index contributed by atoms with van der Waals surface area (Å²) in [5, 5.41) is 13.7. The van der Waals surface area contributed by atoms with Crippen LogP contribution in [0.3, 0.4) is 0 Å². The maximum absolute atomic E-state index is 12.2. The topological polar surface area (TPSA) is 104 Å². The molecule has 8 heteroatoms. The number of fused-ring (bicyclic) bond motifs is 1. The van der Waals surface area contributed by atoms with E-state index in [0.717, 1.165) is 28.0 Å². The van der Waals surface area contributed by atoms with Gasteiger partial charge in [-0.2, -0.15) is 5.10 Å². The molecular formula is C21H18N6O2. The van der Waals surface area contributed by atoms with E-state index < -0.39 is 0 Å². The lowest BCUT2D eigenvalue weighted by molar-refractivity contribution is 0.262. The van der Waals surface area contributed by atoms with Gasteiger partial charge in [-0.1, -0.05) is 0 Å². The van der Waals surface area contributed by atoms with Gasteiger partial charge >= 0.3 is 6.03 Å². The molecule has 2 aromatic carbocycles. The number of anilines is 2. The Bertz CT molecular complexity index is 1150. The number of benzene rings is 2. The van der Waals surface area contributed by atoms with Gasteiger partial charge in [0.15, 0.2) is 0 Å². The molecule has 144 valence electrons. The molecule has 0 saturated carbocycles. The van der Waals surface area contributed by atoms with Crippen LogP contribution in [0, 0.1) is 0 Å². The molecule has 0 saturated heterocycles. The van der Waals surface area contributed by atoms with Crippen molar-refractivity contribution in [2.45, 2.75) is 0 Å².